The monoisotopic (exact) mass is 620 g/mol. The van der Waals surface area contributed by atoms with Crippen molar-refractivity contribution in [3.8, 4) is 28.8 Å². The lowest BCUT2D eigenvalue weighted by molar-refractivity contribution is -0.884. The third kappa shape index (κ3) is 6.27. The summed E-state index contributed by atoms with van der Waals surface area (Å²) in [5.74, 6) is 0.535. The number of amides is 1. The Bertz CT molecular complexity index is 1970. The minimum atomic E-state index is -4.66. The van der Waals surface area contributed by atoms with Gasteiger partial charge in [0.05, 0.1) is 67.3 Å². The van der Waals surface area contributed by atoms with Crippen molar-refractivity contribution in [3.63, 3.8) is 0 Å². The van der Waals surface area contributed by atoms with Crippen molar-refractivity contribution < 1.29 is 27.0 Å². The van der Waals surface area contributed by atoms with Gasteiger partial charge in [-0.25, -0.2) is 18.8 Å². The predicted octanol–water partition coefficient (Wildman–Crippen LogP) is 4.60. The number of benzene rings is 2. The normalized spacial score (nSPS) is 12.6. The Morgan fingerprint density at radius 1 is 1.11 bits per heavy atom. The van der Waals surface area contributed by atoms with Gasteiger partial charge in [0.15, 0.2) is 0 Å². The Balaban J connectivity index is 1.63. The van der Waals surface area contributed by atoms with E-state index in [-0.39, 0.29) is 23.0 Å². The second-order valence-corrected chi connectivity index (χ2v) is 11.4. The molecular weight excluding hydrogens is 591 g/mol. The molecule has 232 valence electrons. The van der Waals surface area contributed by atoms with Gasteiger partial charge in [0.2, 0.25) is 11.7 Å². The number of alkyl halides is 3. The van der Waals surface area contributed by atoms with Crippen LogP contribution < -0.4 is 11.0 Å². The number of rotatable bonds is 7. The zero-order chi connectivity index (χ0) is 32.7. The van der Waals surface area contributed by atoms with Gasteiger partial charge in [0.1, 0.15) is 18.3 Å². The van der Waals surface area contributed by atoms with Crippen LogP contribution in [0.2, 0.25) is 0 Å². The van der Waals surface area contributed by atoms with Crippen molar-refractivity contribution in [2.45, 2.75) is 32.6 Å². The summed E-state index contributed by atoms with van der Waals surface area (Å²) in [4.78, 5) is 32.2. The highest BCUT2D eigenvalue weighted by molar-refractivity contribution is 5.83. The summed E-state index contributed by atoms with van der Waals surface area (Å²) < 4.78 is 50.0. The number of carbonyl (C=O) groups is 1. The molecular formula is C30H29F3N9O3+. The van der Waals surface area contributed by atoms with Gasteiger partial charge in [-0.3, -0.25) is 4.57 Å². The Morgan fingerprint density at radius 2 is 1.82 bits per heavy atom. The van der Waals surface area contributed by atoms with Gasteiger partial charge in [-0.05, 0) is 62.4 Å². The van der Waals surface area contributed by atoms with Crippen LogP contribution >= 0.6 is 0 Å². The molecule has 3 heterocycles. The first-order chi connectivity index (χ1) is 21.2. The van der Waals surface area contributed by atoms with Crippen LogP contribution in [-0.2, 0) is 12.7 Å². The van der Waals surface area contributed by atoms with Crippen LogP contribution in [0.1, 0.15) is 41.5 Å². The Labute approximate surface area is 255 Å². The molecule has 0 aliphatic carbocycles. The van der Waals surface area contributed by atoms with E-state index in [9.17, 15) is 28.0 Å². The smallest absolute Gasteiger partial charge is 0.337 e. The fourth-order valence-corrected chi connectivity index (χ4v) is 4.83. The summed E-state index contributed by atoms with van der Waals surface area (Å²) in [6.45, 7) is 3.59. The highest BCUT2D eigenvalue weighted by Gasteiger charge is 2.32. The van der Waals surface area contributed by atoms with Crippen molar-refractivity contribution in [2.24, 2.45) is 0 Å². The molecule has 0 saturated carbocycles. The van der Waals surface area contributed by atoms with E-state index in [1.807, 2.05) is 27.2 Å². The minimum Gasteiger partial charge on any atom is -0.337 e. The van der Waals surface area contributed by atoms with Gasteiger partial charge < -0.3 is 14.3 Å². The van der Waals surface area contributed by atoms with E-state index in [2.05, 4.69) is 20.6 Å². The topological polar surface area (TPSA) is 137 Å². The molecule has 0 saturated heterocycles. The summed E-state index contributed by atoms with van der Waals surface area (Å²) in [6.07, 6.45) is -3.20. The van der Waals surface area contributed by atoms with Crippen molar-refractivity contribution in [1.82, 2.24) is 34.4 Å². The first-order valence-electron chi connectivity index (χ1n) is 13.7. The van der Waals surface area contributed by atoms with Gasteiger partial charge in [-0.1, -0.05) is 11.2 Å². The molecule has 0 aliphatic heterocycles. The van der Waals surface area contributed by atoms with Crippen molar-refractivity contribution in [3.05, 3.63) is 99.8 Å². The quantitative estimate of drug-likeness (QED) is 0.263. The predicted molar refractivity (Wildman–Crippen MR) is 155 cm³/mol. The Morgan fingerprint density at radius 3 is 2.47 bits per heavy atom. The Kier molecular flexibility index (Phi) is 7.94. The fraction of sp³-hybridized carbons (Fsp3) is 0.267. The van der Waals surface area contributed by atoms with Crippen LogP contribution in [0.25, 0.3) is 22.8 Å². The van der Waals surface area contributed by atoms with Crippen LogP contribution in [0.4, 0.5) is 18.0 Å². The lowest BCUT2D eigenvalue weighted by atomic mass is 10.2. The van der Waals surface area contributed by atoms with Crippen LogP contribution in [0.15, 0.2) is 70.1 Å². The van der Waals surface area contributed by atoms with E-state index in [0.717, 1.165) is 21.3 Å². The lowest BCUT2D eigenvalue weighted by Crippen LogP contribution is -2.38. The van der Waals surface area contributed by atoms with Gasteiger partial charge >= 0.3 is 17.9 Å². The number of hydrogen-bond donors (Lipinski definition) is 1. The molecule has 12 nitrogen and oxygen atoms in total. The zero-order valence-electron chi connectivity index (χ0n) is 25.0. The number of nitriles is 1. The highest BCUT2D eigenvalue weighted by atomic mass is 19.4. The second-order valence-electron chi connectivity index (χ2n) is 11.4. The number of hydrogen-bond acceptors (Lipinski definition) is 7. The largest absolute Gasteiger partial charge is 0.416 e. The molecule has 0 unspecified atom stereocenters. The summed E-state index contributed by atoms with van der Waals surface area (Å²) in [5.41, 5.74) is -0.456. The molecule has 15 heteroatoms. The van der Waals surface area contributed by atoms with Gasteiger partial charge in [-0.15, -0.1) is 0 Å². The number of carbonyl (C=O) groups excluding carboxylic acids is 1. The van der Waals surface area contributed by atoms with Crippen LogP contribution in [0, 0.1) is 18.3 Å². The maximum atomic E-state index is 14.0. The third-order valence-corrected chi connectivity index (χ3v) is 6.86. The second kappa shape index (κ2) is 11.5. The molecule has 0 aliphatic rings. The molecule has 0 spiro atoms. The molecule has 0 radical (unpaired) electrons. The molecule has 3 aromatic heterocycles. The maximum Gasteiger partial charge on any atom is 0.416 e. The number of aromatic nitrogens is 6. The fourth-order valence-electron chi connectivity index (χ4n) is 4.83. The lowest BCUT2D eigenvalue weighted by Gasteiger charge is -2.21. The minimum absolute atomic E-state index is 0.0835. The molecule has 2 aromatic carbocycles. The van der Waals surface area contributed by atoms with Crippen molar-refractivity contribution >= 4 is 6.03 Å². The molecule has 0 fully saturated rings. The number of quaternary nitrogens is 1. The van der Waals surface area contributed by atoms with Crippen molar-refractivity contribution in [2.75, 3.05) is 21.1 Å². The number of halogens is 3. The molecule has 5 aromatic rings. The van der Waals surface area contributed by atoms with Crippen molar-refractivity contribution in [1.29, 1.82) is 5.26 Å². The van der Waals surface area contributed by atoms with E-state index in [0.29, 0.717) is 33.8 Å². The standard InChI is InChI=1S/C30H28F3N9O3/c1-18(27-37-25(38-45-27)17-42(3,4)5)36-28(43)40-26(24-13-14-35-41(24)22-11-9-20(16-34)10-12-22)19(2)39(29(40)44)23-8-6-7-21(15-23)30(31,32)33/h6-15,18H,17H2,1-5H3/p+1/t18-/m0/s1. The van der Waals surface area contributed by atoms with Crippen LogP contribution in [0.3, 0.4) is 0 Å². The first-order valence-corrected chi connectivity index (χ1v) is 13.7. The van der Waals surface area contributed by atoms with E-state index in [1.165, 1.54) is 29.9 Å². The molecule has 5 rings (SSSR count). The molecule has 1 N–H and O–H groups in total. The van der Waals surface area contributed by atoms with Crippen LogP contribution in [0.5, 0.6) is 0 Å². The SMILES string of the molecule is Cc1c(-c2ccnn2-c2ccc(C#N)cc2)n(C(=O)N[C@@H](C)c2nc(C[N+](C)(C)C)no2)c(=O)n1-c1cccc(C(F)(F)F)c1. The average molecular weight is 621 g/mol. The average Bonchev–Trinajstić information content (AvgIpc) is 3.69. The maximum absolute atomic E-state index is 14.0. The molecule has 1 atom stereocenters. The number of nitrogens with zero attached hydrogens (tertiary/aromatic N) is 8. The number of nitrogens with one attached hydrogen (secondary N) is 1. The summed E-state index contributed by atoms with van der Waals surface area (Å²) in [5, 5.41) is 20.2. The summed E-state index contributed by atoms with van der Waals surface area (Å²) >= 11 is 0. The summed E-state index contributed by atoms with van der Waals surface area (Å²) in [6, 6.07) is 12.6. The molecule has 45 heavy (non-hydrogen) atoms. The van der Waals surface area contributed by atoms with E-state index >= 15 is 0 Å². The third-order valence-electron chi connectivity index (χ3n) is 6.86. The summed E-state index contributed by atoms with van der Waals surface area (Å²) in [7, 11) is 5.86. The number of imidazole rings is 1. The van der Waals surface area contributed by atoms with Crippen LogP contribution in [-0.4, -0.2) is 60.7 Å². The Hall–Kier alpha value is -5.49. The molecule has 1 amide bonds. The zero-order valence-corrected chi connectivity index (χ0v) is 25.0. The van der Waals surface area contributed by atoms with Gasteiger partial charge in [0, 0.05) is 0 Å². The highest BCUT2D eigenvalue weighted by Crippen LogP contribution is 2.32. The van der Waals surface area contributed by atoms with Gasteiger partial charge in [-0.2, -0.15) is 28.5 Å². The van der Waals surface area contributed by atoms with E-state index in [1.54, 1.807) is 37.3 Å². The van der Waals surface area contributed by atoms with Gasteiger partial charge in [0.25, 0.3) is 0 Å². The van der Waals surface area contributed by atoms with E-state index < -0.39 is 29.5 Å². The van der Waals surface area contributed by atoms with E-state index in [4.69, 9.17) is 4.52 Å². The molecule has 0 bridgehead atoms. The first kappa shape index (κ1) is 31.0.